The maximum absolute atomic E-state index is 12.5. The Kier molecular flexibility index (Phi) is 5.00. The van der Waals surface area contributed by atoms with Gasteiger partial charge in [0, 0.05) is 18.2 Å². The van der Waals surface area contributed by atoms with Crippen molar-refractivity contribution in [1.82, 2.24) is 9.88 Å². The van der Waals surface area contributed by atoms with Crippen LogP contribution in [0.5, 0.6) is 0 Å². The van der Waals surface area contributed by atoms with Crippen LogP contribution in [0.1, 0.15) is 29.3 Å². The van der Waals surface area contributed by atoms with E-state index in [2.05, 4.69) is 28.4 Å². The number of hydrogen-bond acceptors (Lipinski definition) is 4. The monoisotopic (exact) mass is 365 g/mol. The number of nitrogens with one attached hydrogen (secondary N) is 1. The third-order valence-corrected chi connectivity index (χ3v) is 6.15. The molecule has 4 nitrogen and oxygen atoms in total. The highest BCUT2D eigenvalue weighted by molar-refractivity contribution is 7.18. The largest absolute Gasteiger partial charge is 0.325 e. The number of likely N-dealkylation sites (tertiary alicyclic amines) is 1. The molecule has 0 radical (unpaired) electrons. The molecule has 1 aliphatic rings. The van der Waals surface area contributed by atoms with E-state index in [1.165, 1.54) is 9.71 Å². The van der Waals surface area contributed by atoms with Crippen LogP contribution in [0.2, 0.25) is 0 Å². The van der Waals surface area contributed by atoms with Crippen LogP contribution in [0, 0.1) is 6.92 Å². The van der Waals surface area contributed by atoms with Gasteiger partial charge in [0.25, 0.3) is 0 Å². The molecule has 1 saturated heterocycles. The zero-order valence-electron chi connectivity index (χ0n) is 14.9. The Balaban J connectivity index is 1.40. The van der Waals surface area contributed by atoms with Crippen molar-refractivity contribution in [2.45, 2.75) is 25.7 Å². The molecule has 0 saturated carbocycles. The van der Waals surface area contributed by atoms with Crippen molar-refractivity contribution in [3.05, 3.63) is 59.1 Å². The Morgan fingerprint density at radius 3 is 2.88 bits per heavy atom. The number of para-hydroxylation sites is 2. The minimum atomic E-state index is 0.0595. The number of amides is 1. The normalized spacial score (nSPS) is 18.1. The summed E-state index contributed by atoms with van der Waals surface area (Å²) in [5.74, 6) is 0.483. The number of fused-ring (bicyclic) bond motifs is 1. The molecule has 1 atom stereocenters. The van der Waals surface area contributed by atoms with E-state index in [9.17, 15) is 4.79 Å². The molecule has 134 valence electrons. The summed E-state index contributed by atoms with van der Waals surface area (Å²) < 4.78 is 1.25. The Labute approximate surface area is 157 Å². The summed E-state index contributed by atoms with van der Waals surface area (Å²) in [7, 11) is 0. The second-order valence-corrected chi connectivity index (χ2v) is 8.02. The molecule has 1 amide bonds. The fourth-order valence-electron chi connectivity index (χ4n) is 3.57. The fourth-order valence-corrected chi connectivity index (χ4v) is 4.66. The molecule has 2 heterocycles. The first kappa shape index (κ1) is 17.2. The highest BCUT2D eigenvalue weighted by Crippen LogP contribution is 2.32. The lowest BCUT2D eigenvalue weighted by molar-refractivity contribution is -0.117. The van der Waals surface area contributed by atoms with Crippen LogP contribution >= 0.6 is 11.3 Å². The number of aromatic nitrogens is 1. The average molecular weight is 366 g/mol. The van der Waals surface area contributed by atoms with Gasteiger partial charge in [-0.2, -0.15) is 0 Å². The van der Waals surface area contributed by atoms with Crippen LogP contribution in [0.15, 0.2) is 48.5 Å². The Bertz CT molecular complexity index is 887. The number of rotatable bonds is 4. The number of hydrogen-bond donors (Lipinski definition) is 1. The molecule has 26 heavy (non-hydrogen) atoms. The van der Waals surface area contributed by atoms with Crippen molar-refractivity contribution in [3.8, 4) is 0 Å². The van der Waals surface area contributed by atoms with Gasteiger partial charge in [-0.25, -0.2) is 4.98 Å². The van der Waals surface area contributed by atoms with Gasteiger partial charge in [0.05, 0.1) is 21.8 Å². The van der Waals surface area contributed by atoms with Crippen molar-refractivity contribution < 1.29 is 4.79 Å². The summed E-state index contributed by atoms with van der Waals surface area (Å²) in [6.07, 6.45) is 2.26. The van der Waals surface area contributed by atoms with Gasteiger partial charge >= 0.3 is 0 Å². The van der Waals surface area contributed by atoms with Gasteiger partial charge in [0.2, 0.25) is 5.91 Å². The fraction of sp³-hybridized carbons (Fsp3) is 0.333. The first-order chi connectivity index (χ1) is 12.7. The van der Waals surface area contributed by atoms with E-state index in [0.717, 1.165) is 42.7 Å². The van der Waals surface area contributed by atoms with Crippen molar-refractivity contribution in [3.63, 3.8) is 0 Å². The average Bonchev–Trinajstić information content (AvgIpc) is 3.08. The Hall–Kier alpha value is -2.24. The highest BCUT2D eigenvalue weighted by atomic mass is 32.1. The Morgan fingerprint density at radius 2 is 2.04 bits per heavy atom. The molecule has 0 spiro atoms. The topological polar surface area (TPSA) is 45.2 Å². The SMILES string of the molecule is Cc1ccccc1NC(=O)CN1CCC[C@H](c2nc3ccccc3s2)C1. The lowest BCUT2D eigenvalue weighted by Gasteiger charge is -2.31. The van der Waals surface area contributed by atoms with Gasteiger partial charge in [-0.05, 0) is 50.1 Å². The standard InChI is InChI=1S/C21H23N3OS/c1-15-7-2-3-9-17(15)22-20(25)14-24-12-6-8-16(13-24)21-23-18-10-4-5-11-19(18)26-21/h2-5,7,9-11,16H,6,8,12-14H2,1H3,(H,22,25)/t16-/m0/s1. The number of nitrogens with zero attached hydrogens (tertiary/aromatic N) is 2. The summed E-state index contributed by atoms with van der Waals surface area (Å²) in [6.45, 7) is 4.33. The minimum absolute atomic E-state index is 0.0595. The molecule has 0 aliphatic carbocycles. The summed E-state index contributed by atoms with van der Waals surface area (Å²) >= 11 is 1.79. The second kappa shape index (κ2) is 7.56. The highest BCUT2D eigenvalue weighted by Gasteiger charge is 2.25. The third-order valence-electron chi connectivity index (χ3n) is 4.95. The summed E-state index contributed by atoms with van der Waals surface area (Å²) in [6, 6.07) is 16.2. The quantitative estimate of drug-likeness (QED) is 0.744. The molecule has 5 heteroatoms. The molecular weight excluding hydrogens is 342 g/mol. The number of aryl methyl sites for hydroxylation is 1. The van der Waals surface area contributed by atoms with Gasteiger partial charge in [-0.3, -0.25) is 9.69 Å². The van der Waals surface area contributed by atoms with Crippen molar-refractivity contribution >= 4 is 33.1 Å². The van der Waals surface area contributed by atoms with E-state index in [1.807, 2.05) is 37.3 Å². The van der Waals surface area contributed by atoms with Crippen LogP contribution in [0.3, 0.4) is 0 Å². The number of benzene rings is 2. The number of anilines is 1. The minimum Gasteiger partial charge on any atom is -0.325 e. The molecule has 1 fully saturated rings. The van der Waals surface area contributed by atoms with E-state index in [4.69, 9.17) is 4.98 Å². The van der Waals surface area contributed by atoms with Crippen LogP contribution < -0.4 is 5.32 Å². The zero-order valence-corrected chi connectivity index (χ0v) is 15.8. The van der Waals surface area contributed by atoms with Crippen LogP contribution in [-0.4, -0.2) is 35.4 Å². The smallest absolute Gasteiger partial charge is 0.238 e. The molecule has 0 unspecified atom stereocenters. The van der Waals surface area contributed by atoms with Crippen molar-refractivity contribution in [1.29, 1.82) is 0 Å². The van der Waals surface area contributed by atoms with E-state index < -0.39 is 0 Å². The molecule has 1 aromatic heterocycles. The summed E-state index contributed by atoms with van der Waals surface area (Å²) in [5.41, 5.74) is 3.07. The van der Waals surface area contributed by atoms with E-state index in [1.54, 1.807) is 11.3 Å². The van der Waals surface area contributed by atoms with Crippen LogP contribution in [0.4, 0.5) is 5.69 Å². The van der Waals surface area contributed by atoms with Crippen molar-refractivity contribution in [2.24, 2.45) is 0 Å². The number of carbonyl (C=O) groups is 1. The predicted octanol–water partition coefficient (Wildman–Crippen LogP) is 4.42. The number of piperidine rings is 1. The van der Waals surface area contributed by atoms with Crippen LogP contribution in [0.25, 0.3) is 10.2 Å². The van der Waals surface area contributed by atoms with E-state index in [0.29, 0.717) is 12.5 Å². The lowest BCUT2D eigenvalue weighted by atomic mass is 9.99. The first-order valence-corrected chi connectivity index (χ1v) is 9.94. The van der Waals surface area contributed by atoms with Gasteiger partial charge in [-0.1, -0.05) is 30.3 Å². The molecule has 4 rings (SSSR count). The molecule has 0 bridgehead atoms. The summed E-state index contributed by atoms with van der Waals surface area (Å²) in [5, 5.41) is 4.24. The van der Waals surface area contributed by atoms with Gasteiger partial charge < -0.3 is 5.32 Å². The third kappa shape index (κ3) is 3.79. The molecule has 1 N–H and O–H groups in total. The van der Waals surface area contributed by atoms with Gasteiger partial charge in [0.15, 0.2) is 0 Å². The van der Waals surface area contributed by atoms with Gasteiger partial charge in [-0.15, -0.1) is 11.3 Å². The Morgan fingerprint density at radius 1 is 1.23 bits per heavy atom. The molecular formula is C21H23N3OS. The molecule has 3 aromatic rings. The molecule has 1 aliphatic heterocycles. The predicted molar refractivity (Wildman–Crippen MR) is 108 cm³/mol. The van der Waals surface area contributed by atoms with Gasteiger partial charge in [0.1, 0.15) is 0 Å². The maximum atomic E-state index is 12.5. The first-order valence-electron chi connectivity index (χ1n) is 9.12. The van der Waals surface area contributed by atoms with E-state index in [-0.39, 0.29) is 5.91 Å². The van der Waals surface area contributed by atoms with E-state index >= 15 is 0 Å². The number of carbonyl (C=O) groups excluding carboxylic acids is 1. The zero-order chi connectivity index (χ0) is 17.9. The van der Waals surface area contributed by atoms with Crippen LogP contribution in [-0.2, 0) is 4.79 Å². The second-order valence-electron chi connectivity index (χ2n) is 6.96. The lowest BCUT2D eigenvalue weighted by Crippen LogP contribution is -2.39. The maximum Gasteiger partial charge on any atom is 0.238 e. The number of thiazole rings is 1. The van der Waals surface area contributed by atoms with Crippen molar-refractivity contribution in [2.75, 3.05) is 25.0 Å². The molecule has 2 aromatic carbocycles. The summed E-state index contributed by atoms with van der Waals surface area (Å²) in [4.78, 5) is 19.5.